The van der Waals surface area contributed by atoms with Gasteiger partial charge in [0.25, 0.3) is 5.91 Å². The summed E-state index contributed by atoms with van der Waals surface area (Å²) in [4.78, 5) is 52.8. The summed E-state index contributed by atoms with van der Waals surface area (Å²) in [6.07, 6.45) is 2.22. The number of urea groups is 1. The quantitative estimate of drug-likeness (QED) is 0.729. The zero-order valence-electron chi connectivity index (χ0n) is 17.8. The lowest BCUT2D eigenvalue weighted by Crippen LogP contribution is -2.52. The van der Waals surface area contributed by atoms with Crippen molar-refractivity contribution in [3.05, 3.63) is 58.7 Å². The first-order chi connectivity index (χ1) is 15.5. The van der Waals surface area contributed by atoms with Gasteiger partial charge in [-0.1, -0.05) is 25.1 Å². The summed E-state index contributed by atoms with van der Waals surface area (Å²) in [7, 11) is 0. The number of nitrogens with one attached hydrogen (secondary N) is 2. The Morgan fingerprint density at radius 2 is 1.97 bits per heavy atom. The molecule has 3 aliphatic heterocycles. The van der Waals surface area contributed by atoms with E-state index in [0.29, 0.717) is 24.2 Å². The maximum Gasteiger partial charge on any atom is 0.326 e. The predicted octanol–water partition coefficient (Wildman–Crippen LogP) is 2.60. The van der Waals surface area contributed by atoms with Gasteiger partial charge in [-0.3, -0.25) is 24.6 Å². The molecule has 5 rings (SSSR count). The molecule has 0 spiro atoms. The Hall–Kier alpha value is -3.68. The first-order valence-corrected chi connectivity index (χ1v) is 10.9. The van der Waals surface area contributed by atoms with Gasteiger partial charge in [-0.2, -0.15) is 0 Å². The van der Waals surface area contributed by atoms with Crippen LogP contribution < -0.4 is 15.5 Å². The van der Waals surface area contributed by atoms with Crippen LogP contribution in [0.4, 0.5) is 16.2 Å². The Labute approximate surface area is 185 Å². The highest BCUT2D eigenvalue weighted by molar-refractivity contribution is 6.07. The van der Waals surface area contributed by atoms with E-state index in [-0.39, 0.29) is 30.8 Å². The number of fused-ring (bicyclic) bond motifs is 2. The van der Waals surface area contributed by atoms with Crippen molar-refractivity contribution in [1.82, 2.24) is 10.2 Å². The van der Waals surface area contributed by atoms with E-state index < -0.39 is 11.9 Å². The van der Waals surface area contributed by atoms with Crippen molar-refractivity contribution in [2.24, 2.45) is 0 Å². The van der Waals surface area contributed by atoms with Gasteiger partial charge in [0.1, 0.15) is 6.04 Å². The highest BCUT2D eigenvalue weighted by Gasteiger charge is 2.39. The van der Waals surface area contributed by atoms with E-state index in [9.17, 15) is 19.2 Å². The van der Waals surface area contributed by atoms with Gasteiger partial charge < -0.3 is 10.2 Å². The van der Waals surface area contributed by atoms with Gasteiger partial charge in [0, 0.05) is 30.8 Å². The molecule has 0 radical (unpaired) electrons. The molecule has 0 bridgehead atoms. The lowest BCUT2D eigenvalue weighted by atomic mass is 10.0. The second-order valence-corrected chi connectivity index (χ2v) is 8.38. The van der Waals surface area contributed by atoms with Crippen LogP contribution in [0.2, 0.25) is 0 Å². The molecule has 0 aliphatic carbocycles. The normalized spacial score (nSPS) is 19.7. The number of hydrogen-bond donors (Lipinski definition) is 2. The van der Waals surface area contributed by atoms with Crippen LogP contribution in [0.1, 0.15) is 46.8 Å². The van der Waals surface area contributed by atoms with Crippen LogP contribution in [0.15, 0.2) is 36.4 Å². The van der Waals surface area contributed by atoms with Crippen molar-refractivity contribution < 1.29 is 19.2 Å². The standard InChI is InChI=1S/C24H24N4O4/c1-2-14-4-3-5-15-10-11-27(21(14)15)24(32)25-17-6-7-18-16(12-17)13-28(23(18)31)19-8-9-20(29)26-22(19)30/h3-7,12,19H,2,8-11,13H2,1H3,(H,25,32)(H,26,29,30). The number of carbonyl (C=O) groups excluding carboxylic acids is 4. The lowest BCUT2D eigenvalue weighted by Gasteiger charge is -2.29. The maximum atomic E-state index is 13.0. The zero-order valence-corrected chi connectivity index (χ0v) is 17.8. The number of amides is 5. The van der Waals surface area contributed by atoms with E-state index in [2.05, 4.69) is 29.7 Å². The highest BCUT2D eigenvalue weighted by Crippen LogP contribution is 2.33. The molecule has 1 unspecified atom stereocenters. The average molecular weight is 432 g/mol. The van der Waals surface area contributed by atoms with Crippen LogP contribution in [-0.2, 0) is 29.0 Å². The molecule has 5 amide bonds. The number of nitrogens with zero attached hydrogens (tertiary/aromatic N) is 2. The molecule has 1 saturated heterocycles. The fraction of sp³-hybridized carbons (Fsp3) is 0.333. The third kappa shape index (κ3) is 3.32. The molecule has 1 fully saturated rings. The van der Waals surface area contributed by atoms with Crippen molar-refractivity contribution in [2.75, 3.05) is 16.8 Å². The molecule has 2 N–H and O–H groups in total. The van der Waals surface area contributed by atoms with Gasteiger partial charge in [-0.05, 0) is 54.2 Å². The molecule has 8 heteroatoms. The monoisotopic (exact) mass is 432 g/mol. The van der Waals surface area contributed by atoms with Crippen molar-refractivity contribution in [3.63, 3.8) is 0 Å². The molecular formula is C24H24N4O4. The van der Waals surface area contributed by atoms with Crippen LogP contribution in [0, 0.1) is 0 Å². The molecule has 2 aromatic rings. The fourth-order valence-electron chi connectivity index (χ4n) is 4.87. The molecule has 3 heterocycles. The van der Waals surface area contributed by atoms with Crippen molar-refractivity contribution >= 4 is 35.1 Å². The van der Waals surface area contributed by atoms with E-state index in [1.54, 1.807) is 23.1 Å². The molecule has 1 atom stereocenters. The van der Waals surface area contributed by atoms with E-state index in [1.807, 2.05) is 6.07 Å². The van der Waals surface area contributed by atoms with Crippen molar-refractivity contribution in [3.8, 4) is 0 Å². The SMILES string of the molecule is CCc1cccc2c1N(C(=O)Nc1ccc3c(c1)CN(C1CCC(=O)NC1=O)C3=O)CC2. The Kier molecular flexibility index (Phi) is 4.92. The first kappa shape index (κ1) is 20.2. The summed E-state index contributed by atoms with van der Waals surface area (Å²) in [5.74, 6) is -0.973. The Bertz CT molecular complexity index is 1160. The summed E-state index contributed by atoms with van der Waals surface area (Å²) in [6.45, 7) is 2.98. The summed E-state index contributed by atoms with van der Waals surface area (Å²) < 4.78 is 0. The van der Waals surface area contributed by atoms with E-state index in [4.69, 9.17) is 0 Å². The average Bonchev–Trinajstić information content (AvgIpc) is 3.35. The minimum absolute atomic E-state index is 0.198. The second-order valence-electron chi connectivity index (χ2n) is 8.38. The van der Waals surface area contributed by atoms with E-state index in [0.717, 1.165) is 29.7 Å². The van der Waals surface area contributed by atoms with E-state index >= 15 is 0 Å². The molecule has 3 aliphatic rings. The highest BCUT2D eigenvalue weighted by atomic mass is 16.2. The number of anilines is 2. The van der Waals surface area contributed by atoms with Gasteiger partial charge in [0.15, 0.2) is 0 Å². The lowest BCUT2D eigenvalue weighted by molar-refractivity contribution is -0.136. The van der Waals surface area contributed by atoms with Gasteiger partial charge in [0.05, 0.1) is 5.69 Å². The number of aryl methyl sites for hydroxylation is 1. The van der Waals surface area contributed by atoms with E-state index in [1.165, 1.54) is 10.5 Å². The summed E-state index contributed by atoms with van der Waals surface area (Å²) in [5.41, 5.74) is 5.21. The van der Waals surface area contributed by atoms with Gasteiger partial charge in [-0.15, -0.1) is 0 Å². The third-order valence-electron chi connectivity index (χ3n) is 6.48. The van der Waals surface area contributed by atoms with Crippen LogP contribution in [0.5, 0.6) is 0 Å². The number of rotatable bonds is 3. The van der Waals surface area contributed by atoms with Gasteiger partial charge in [0.2, 0.25) is 11.8 Å². The van der Waals surface area contributed by atoms with Crippen molar-refractivity contribution in [2.45, 2.75) is 45.2 Å². The number of carbonyl (C=O) groups is 4. The Balaban J connectivity index is 1.33. The van der Waals surface area contributed by atoms with Gasteiger partial charge in [-0.25, -0.2) is 4.79 Å². The van der Waals surface area contributed by atoms with Crippen molar-refractivity contribution in [1.29, 1.82) is 0 Å². The van der Waals surface area contributed by atoms with Crippen LogP contribution in [-0.4, -0.2) is 41.2 Å². The van der Waals surface area contributed by atoms with Crippen LogP contribution in [0.3, 0.4) is 0 Å². The van der Waals surface area contributed by atoms with Crippen LogP contribution in [0.25, 0.3) is 0 Å². The molecule has 32 heavy (non-hydrogen) atoms. The number of imide groups is 1. The fourth-order valence-corrected chi connectivity index (χ4v) is 4.87. The third-order valence-corrected chi connectivity index (χ3v) is 6.48. The number of para-hydroxylation sites is 1. The largest absolute Gasteiger partial charge is 0.326 e. The number of piperidine rings is 1. The smallest absolute Gasteiger partial charge is 0.322 e. The Morgan fingerprint density at radius 3 is 2.75 bits per heavy atom. The molecule has 2 aromatic carbocycles. The molecule has 0 saturated carbocycles. The molecule has 164 valence electrons. The first-order valence-electron chi connectivity index (χ1n) is 10.9. The maximum absolute atomic E-state index is 13.0. The summed E-state index contributed by atoms with van der Waals surface area (Å²) in [5, 5.41) is 5.27. The zero-order chi connectivity index (χ0) is 22.4. The van der Waals surface area contributed by atoms with Crippen LogP contribution >= 0.6 is 0 Å². The number of hydrogen-bond acceptors (Lipinski definition) is 4. The Morgan fingerprint density at radius 1 is 1.12 bits per heavy atom. The second kappa shape index (κ2) is 7.78. The molecular weight excluding hydrogens is 408 g/mol. The summed E-state index contributed by atoms with van der Waals surface area (Å²) >= 11 is 0. The summed E-state index contributed by atoms with van der Waals surface area (Å²) in [6, 6.07) is 10.5. The minimum atomic E-state index is -0.654. The van der Waals surface area contributed by atoms with Gasteiger partial charge >= 0.3 is 6.03 Å². The number of benzene rings is 2. The molecule has 8 nitrogen and oxygen atoms in total. The topological polar surface area (TPSA) is 98.8 Å². The minimum Gasteiger partial charge on any atom is -0.322 e. The predicted molar refractivity (Wildman–Crippen MR) is 118 cm³/mol. The molecule has 0 aromatic heterocycles.